The first-order valence-corrected chi connectivity index (χ1v) is 10.4. The Morgan fingerprint density at radius 3 is 2.29 bits per heavy atom. The number of nitrogens with one attached hydrogen (secondary N) is 1. The molecule has 0 unspecified atom stereocenters. The number of benzene rings is 2. The van der Waals surface area contributed by atoms with Crippen molar-refractivity contribution in [1.82, 2.24) is 9.62 Å². The van der Waals surface area contributed by atoms with Crippen LogP contribution in [0.4, 0.5) is 0 Å². The summed E-state index contributed by atoms with van der Waals surface area (Å²) >= 11 is 0. The molecule has 0 spiro atoms. The molecule has 0 saturated heterocycles. The number of rotatable bonds is 8. The monoisotopic (exact) mass is 404 g/mol. The van der Waals surface area contributed by atoms with Gasteiger partial charge < -0.3 is 14.8 Å². The Bertz CT molecular complexity index is 953. The summed E-state index contributed by atoms with van der Waals surface area (Å²) in [4.78, 5) is 12.2. The van der Waals surface area contributed by atoms with E-state index in [9.17, 15) is 13.2 Å². The normalized spacial score (nSPS) is 14.0. The zero-order valence-electron chi connectivity index (χ0n) is 16.1. The molecule has 1 fully saturated rings. The van der Waals surface area contributed by atoms with Gasteiger partial charge in [-0.3, -0.25) is 4.79 Å². The van der Waals surface area contributed by atoms with Crippen LogP contribution in [-0.2, 0) is 16.6 Å². The molecule has 0 aliphatic heterocycles. The number of hydrogen-bond acceptors (Lipinski definition) is 5. The van der Waals surface area contributed by atoms with Crippen LogP contribution in [0.25, 0.3) is 0 Å². The molecule has 1 N–H and O–H groups in total. The van der Waals surface area contributed by atoms with Gasteiger partial charge in [0.1, 0.15) is 0 Å². The van der Waals surface area contributed by atoms with Gasteiger partial charge in [0.05, 0.1) is 19.1 Å². The first-order chi connectivity index (χ1) is 13.3. The number of methoxy groups -OCH3 is 2. The van der Waals surface area contributed by atoms with Crippen LogP contribution in [0.1, 0.15) is 28.8 Å². The van der Waals surface area contributed by atoms with Crippen molar-refractivity contribution in [2.45, 2.75) is 30.3 Å². The van der Waals surface area contributed by atoms with Gasteiger partial charge in [-0.15, -0.1) is 0 Å². The Morgan fingerprint density at radius 2 is 1.71 bits per heavy atom. The Labute approximate surface area is 165 Å². The van der Waals surface area contributed by atoms with E-state index in [0.29, 0.717) is 23.1 Å². The van der Waals surface area contributed by atoms with Crippen LogP contribution in [-0.4, -0.2) is 45.9 Å². The number of carbonyl (C=O) groups excluding carboxylic acids is 1. The predicted molar refractivity (Wildman–Crippen MR) is 105 cm³/mol. The summed E-state index contributed by atoms with van der Waals surface area (Å²) in [7, 11) is 0.753. The molecule has 7 nitrogen and oxygen atoms in total. The molecule has 1 saturated carbocycles. The minimum atomic E-state index is -3.71. The molecule has 0 radical (unpaired) electrons. The molecule has 8 heteroatoms. The minimum Gasteiger partial charge on any atom is -0.493 e. The van der Waals surface area contributed by atoms with Gasteiger partial charge in [-0.2, -0.15) is 4.31 Å². The Balaban J connectivity index is 1.72. The van der Waals surface area contributed by atoms with Gasteiger partial charge in [0.15, 0.2) is 11.5 Å². The van der Waals surface area contributed by atoms with Gasteiger partial charge in [0.25, 0.3) is 5.91 Å². The molecule has 0 bridgehead atoms. The van der Waals surface area contributed by atoms with Crippen LogP contribution in [0.15, 0.2) is 47.4 Å². The second-order valence-electron chi connectivity index (χ2n) is 6.72. The number of amides is 1. The third kappa shape index (κ3) is 4.45. The zero-order valence-corrected chi connectivity index (χ0v) is 17.0. The Morgan fingerprint density at radius 1 is 1.07 bits per heavy atom. The van der Waals surface area contributed by atoms with E-state index in [1.54, 1.807) is 30.3 Å². The molecule has 2 aromatic rings. The molecule has 1 aliphatic rings. The lowest BCUT2D eigenvalue weighted by atomic mass is 10.1. The molecule has 1 amide bonds. The lowest BCUT2D eigenvalue weighted by Crippen LogP contribution is -2.27. The van der Waals surface area contributed by atoms with Crippen molar-refractivity contribution < 1.29 is 22.7 Å². The number of carbonyl (C=O) groups is 1. The van der Waals surface area contributed by atoms with Crippen LogP contribution < -0.4 is 14.8 Å². The van der Waals surface area contributed by atoms with Gasteiger partial charge >= 0.3 is 0 Å². The fourth-order valence-electron chi connectivity index (χ4n) is 2.76. The Hall–Kier alpha value is -2.58. The maximum atomic E-state index is 12.9. The van der Waals surface area contributed by atoms with Crippen molar-refractivity contribution in [3.05, 3.63) is 53.6 Å². The summed E-state index contributed by atoms with van der Waals surface area (Å²) in [5, 5.41) is 2.93. The second-order valence-corrected chi connectivity index (χ2v) is 8.77. The van der Waals surface area contributed by atoms with Crippen molar-refractivity contribution in [2.24, 2.45) is 0 Å². The number of sulfonamides is 1. The fourth-order valence-corrected chi connectivity index (χ4v) is 3.93. The molecule has 28 heavy (non-hydrogen) atoms. The topological polar surface area (TPSA) is 84.9 Å². The summed E-state index contributed by atoms with van der Waals surface area (Å²) in [5.41, 5.74) is 1.36. The van der Waals surface area contributed by atoms with Gasteiger partial charge in [0.2, 0.25) is 10.0 Å². The lowest BCUT2D eigenvalue weighted by molar-refractivity contribution is 0.0951. The summed E-state index contributed by atoms with van der Waals surface area (Å²) in [6, 6.07) is 11.7. The summed E-state index contributed by atoms with van der Waals surface area (Å²) < 4.78 is 37.3. The van der Waals surface area contributed by atoms with E-state index in [1.165, 1.54) is 37.7 Å². The second kappa shape index (κ2) is 8.20. The number of nitrogens with zero attached hydrogens (tertiary/aromatic N) is 1. The summed E-state index contributed by atoms with van der Waals surface area (Å²) in [6.07, 6.45) is 2.06. The number of ether oxygens (including phenoxy) is 2. The SMILES string of the molecule is COc1ccc(S(=O)(=O)N(C)Cc2ccc(C(=O)NC3CC3)cc2)cc1OC. The van der Waals surface area contributed by atoms with E-state index in [2.05, 4.69) is 5.32 Å². The molecule has 0 atom stereocenters. The first-order valence-electron chi connectivity index (χ1n) is 8.93. The quantitative estimate of drug-likeness (QED) is 0.730. The maximum Gasteiger partial charge on any atom is 0.251 e. The molecular formula is C20H24N2O5S. The van der Waals surface area contributed by atoms with Crippen LogP contribution in [0.2, 0.25) is 0 Å². The first kappa shape index (κ1) is 20.2. The lowest BCUT2D eigenvalue weighted by Gasteiger charge is -2.18. The van der Waals surface area contributed by atoms with Crippen LogP contribution in [0.5, 0.6) is 11.5 Å². The van der Waals surface area contributed by atoms with Crippen molar-refractivity contribution in [2.75, 3.05) is 21.3 Å². The number of hydrogen-bond donors (Lipinski definition) is 1. The minimum absolute atomic E-state index is 0.0969. The predicted octanol–water partition coefficient (Wildman–Crippen LogP) is 2.42. The molecule has 150 valence electrons. The highest BCUT2D eigenvalue weighted by atomic mass is 32.2. The third-order valence-corrected chi connectivity index (χ3v) is 6.40. The fraction of sp³-hybridized carbons (Fsp3) is 0.350. The zero-order chi connectivity index (χ0) is 20.3. The van der Waals surface area contributed by atoms with Crippen molar-refractivity contribution in [3.63, 3.8) is 0 Å². The van der Waals surface area contributed by atoms with Crippen molar-refractivity contribution in [1.29, 1.82) is 0 Å². The molecule has 1 aliphatic carbocycles. The summed E-state index contributed by atoms with van der Waals surface area (Å²) in [6.45, 7) is 0.182. The summed E-state index contributed by atoms with van der Waals surface area (Å²) in [5.74, 6) is 0.715. The highest BCUT2D eigenvalue weighted by Gasteiger charge is 2.24. The largest absolute Gasteiger partial charge is 0.493 e. The van der Waals surface area contributed by atoms with E-state index in [1.807, 2.05) is 0 Å². The maximum absolute atomic E-state index is 12.9. The van der Waals surface area contributed by atoms with Gasteiger partial charge in [-0.1, -0.05) is 12.1 Å². The van der Waals surface area contributed by atoms with Gasteiger partial charge in [-0.05, 0) is 42.7 Å². The average molecular weight is 404 g/mol. The highest BCUT2D eigenvalue weighted by Crippen LogP contribution is 2.30. The molecule has 0 heterocycles. The van der Waals surface area contributed by atoms with Crippen LogP contribution >= 0.6 is 0 Å². The van der Waals surface area contributed by atoms with E-state index in [0.717, 1.165) is 18.4 Å². The third-order valence-electron chi connectivity index (χ3n) is 4.60. The average Bonchev–Trinajstić information content (AvgIpc) is 3.51. The standard InChI is InChI=1S/C20H24N2O5S/c1-22(28(24,25)17-10-11-18(26-2)19(12-17)27-3)13-14-4-6-15(7-5-14)20(23)21-16-8-9-16/h4-7,10-12,16H,8-9,13H2,1-3H3,(H,21,23). The Kier molecular flexibility index (Phi) is 5.90. The van der Waals surface area contributed by atoms with E-state index in [4.69, 9.17) is 9.47 Å². The highest BCUT2D eigenvalue weighted by molar-refractivity contribution is 7.89. The smallest absolute Gasteiger partial charge is 0.251 e. The van der Waals surface area contributed by atoms with E-state index >= 15 is 0 Å². The van der Waals surface area contributed by atoms with E-state index in [-0.39, 0.29) is 17.3 Å². The van der Waals surface area contributed by atoms with Crippen LogP contribution in [0, 0.1) is 0 Å². The van der Waals surface area contributed by atoms with Gasteiger partial charge in [0, 0.05) is 31.3 Å². The van der Waals surface area contributed by atoms with Crippen molar-refractivity contribution in [3.8, 4) is 11.5 Å². The van der Waals surface area contributed by atoms with Crippen molar-refractivity contribution >= 4 is 15.9 Å². The van der Waals surface area contributed by atoms with Gasteiger partial charge in [-0.25, -0.2) is 8.42 Å². The van der Waals surface area contributed by atoms with Crippen LogP contribution in [0.3, 0.4) is 0 Å². The molecule has 0 aromatic heterocycles. The molecular weight excluding hydrogens is 380 g/mol. The van der Waals surface area contributed by atoms with E-state index < -0.39 is 10.0 Å². The molecule has 3 rings (SSSR count). The molecule has 2 aromatic carbocycles.